The lowest BCUT2D eigenvalue weighted by Gasteiger charge is -2.29. The molecule has 3 N–H and O–H groups in total. The Kier molecular flexibility index (Phi) is 4.99. The molecule has 1 fully saturated rings. The maximum Gasteiger partial charge on any atom is 0.227 e. The zero-order valence-electron chi connectivity index (χ0n) is 11.2. The van der Waals surface area contributed by atoms with Gasteiger partial charge in [0.2, 0.25) is 5.91 Å². The van der Waals surface area contributed by atoms with E-state index < -0.39 is 0 Å². The number of hydrogen-bond acceptors (Lipinski definition) is 3. The monoisotopic (exact) mass is 291 g/mol. The Hall–Kier alpha value is -1.57. The quantitative estimate of drug-likeness (QED) is 0.898. The fourth-order valence-electron chi connectivity index (χ4n) is 2.75. The van der Waals surface area contributed by atoms with Gasteiger partial charge in [0, 0.05) is 5.92 Å². The van der Waals surface area contributed by atoms with Crippen LogP contribution in [0.25, 0.3) is 0 Å². The highest BCUT2D eigenvalue weighted by molar-refractivity contribution is 6.33. The van der Waals surface area contributed by atoms with E-state index in [1.165, 1.54) is 0 Å². The second-order valence-electron chi connectivity index (χ2n) is 5.18. The van der Waals surface area contributed by atoms with E-state index in [1.54, 1.807) is 18.2 Å². The van der Waals surface area contributed by atoms with Crippen molar-refractivity contribution in [3.63, 3.8) is 0 Å². The summed E-state index contributed by atoms with van der Waals surface area (Å²) in [6.45, 7) is 0.541. The Balaban J connectivity index is 2.09. The number of carbonyl (C=O) groups is 1. The first-order valence-electron chi connectivity index (χ1n) is 6.86. The van der Waals surface area contributed by atoms with Crippen molar-refractivity contribution in [1.82, 2.24) is 0 Å². The Labute approximate surface area is 123 Å². The number of nitrogens with zero attached hydrogens (tertiary/aromatic N) is 1. The summed E-state index contributed by atoms with van der Waals surface area (Å²) in [5, 5.41) is 12.0. The molecule has 1 amide bonds. The average Bonchev–Trinajstić information content (AvgIpc) is 2.49. The molecule has 5 heteroatoms. The Bertz CT molecular complexity index is 538. The van der Waals surface area contributed by atoms with Gasteiger partial charge in [0.1, 0.15) is 0 Å². The van der Waals surface area contributed by atoms with Gasteiger partial charge >= 0.3 is 0 Å². The Morgan fingerprint density at radius 1 is 1.45 bits per heavy atom. The molecule has 0 radical (unpaired) electrons. The molecule has 0 bridgehead atoms. The largest absolute Gasteiger partial charge is 0.330 e. The standard InChI is InChI=1S/C15H18ClN3O/c16-13-7-10(8-17)5-6-14(13)19-15(20)12-4-2-1-3-11(12)9-18/h5-7,11-12H,1-4,9,18H2,(H,19,20). The Morgan fingerprint density at radius 3 is 2.85 bits per heavy atom. The predicted octanol–water partition coefficient (Wildman–Crippen LogP) is 2.92. The minimum absolute atomic E-state index is 0.0215. The van der Waals surface area contributed by atoms with Gasteiger partial charge in [0.05, 0.1) is 22.3 Å². The number of rotatable bonds is 3. The van der Waals surface area contributed by atoms with Crippen molar-refractivity contribution < 1.29 is 4.79 Å². The molecular formula is C15H18ClN3O. The third-order valence-corrected chi connectivity index (χ3v) is 4.22. The maximum absolute atomic E-state index is 12.4. The van der Waals surface area contributed by atoms with Crippen LogP contribution in [0.5, 0.6) is 0 Å². The molecule has 0 aromatic heterocycles. The smallest absolute Gasteiger partial charge is 0.227 e. The zero-order valence-corrected chi connectivity index (χ0v) is 12.0. The maximum atomic E-state index is 12.4. The molecule has 2 unspecified atom stereocenters. The third-order valence-electron chi connectivity index (χ3n) is 3.90. The van der Waals surface area contributed by atoms with Gasteiger partial charge in [-0.1, -0.05) is 24.4 Å². The summed E-state index contributed by atoms with van der Waals surface area (Å²) in [6, 6.07) is 6.88. The van der Waals surface area contributed by atoms with Gasteiger partial charge in [-0.05, 0) is 43.5 Å². The van der Waals surface area contributed by atoms with Gasteiger partial charge in [-0.2, -0.15) is 5.26 Å². The number of nitrogens with one attached hydrogen (secondary N) is 1. The fourth-order valence-corrected chi connectivity index (χ4v) is 2.97. The van der Waals surface area contributed by atoms with Crippen LogP contribution in [0.3, 0.4) is 0 Å². The molecule has 0 heterocycles. The summed E-state index contributed by atoms with van der Waals surface area (Å²) in [4.78, 5) is 12.4. The van der Waals surface area contributed by atoms with Crippen LogP contribution in [0.4, 0.5) is 5.69 Å². The van der Waals surface area contributed by atoms with E-state index in [0.29, 0.717) is 22.8 Å². The minimum Gasteiger partial charge on any atom is -0.330 e. The molecule has 2 atom stereocenters. The van der Waals surface area contributed by atoms with Crippen LogP contribution in [-0.4, -0.2) is 12.5 Å². The second-order valence-corrected chi connectivity index (χ2v) is 5.59. The molecule has 2 rings (SSSR count). The second kappa shape index (κ2) is 6.74. The van der Waals surface area contributed by atoms with Crippen molar-refractivity contribution in [2.45, 2.75) is 25.7 Å². The van der Waals surface area contributed by atoms with Crippen LogP contribution in [0, 0.1) is 23.2 Å². The van der Waals surface area contributed by atoms with E-state index in [1.807, 2.05) is 6.07 Å². The van der Waals surface area contributed by atoms with Crippen LogP contribution in [0.2, 0.25) is 5.02 Å². The van der Waals surface area contributed by atoms with Gasteiger partial charge < -0.3 is 11.1 Å². The molecule has 0 aliphatic heterocycles. The average molecular weight is 292 g/mol. The van der Waals surface area contributed by atoms with Crippen molar-refractivity contribution in [2.24, 2.45) is 17.6 Å². The van der Waals surface area contributed by atoms with Crippen molar-refractivity contribution in [1.29, 1.82) is 5.26 Å². The van der Waals surface area contributed by atoms with Crippen molar-refractivity contribution in [3.8, 4) is 6.07 Å². The summed E-state index contributed by atoms with van der Waals surface area (Å²) in [6.07, 6.45) is 4.09. The number of anilines is 1. The van der Waals surface area contributed by atoms with Crippen LogP contribution in [-0.2, 0) is 4.79 Å². The highest BCUT2D eigenvalue weighted by atomic mass is 35.5. The Morgan fingerprint density at radius 2 is 2.20 bits per heavy atom. The highest BCUT2D eigenvalue weighted by Crippen LogP contribution is 2.31. The van der Waals surface area contributed by atoms with Crippen LogP contribution in [0.1, 0.15) is 31.2 Å². The molecule has 1 aromatic carbocycles. The molecule has 1 aliphatic carbocycles. The van der Waals surface area contributed by atoms with Crippen LogP contribution < -0.4 is 11.1 Å². The fraction of sp³-hybridized carbons (Fsp3) is 0.467. The SMILES string of the molecule is N#Cc1ccc(NC(=O)C2CCCCC2CN)c(Cl)c1. The summed E-state index contributed by atoms with van der Waals surface area (Å²) < 4.78 is 0. The van der Waals surface area contributed by atoms with Crippen LogP contribution in [0.15, 0.2) is 18.2 Å². The third kappa shape index (κ3) is 3.30. The van der Waals surface area contributed by atoms with Crippen molar-refractivity contribution in [3.05, 3.63) is 28.8 Å². The molecular weight excluding hydrogens is 274 g/mol. The number of nitriles is 1. The molecule has 106 valence electrons. The lowest BCUT2D eigenvalue weighted by molar-refractivity contribution is -0.122. The number of halogens is 1. The first kappa shape index (κ1) is 14.8. The van der Waals surface area contributed by atoms with E-state index in [9.17, 15) is 4.79 Å². The van der Waals surface area contributed by atoms with Gasteiger partial charge in [-0.15, -0.1) is 0 Å². The summed E-state index contributed by atoms with van der Waals surface area (Å²) in [5.74, 6) is 0.188. The lowest BCUT2D eigenvalue weighted by atomic mass is 9.78. The van der Waals surface area contributed by atoms with E-state index in [4.69, 9.17) is 22.6 Å². The zero-order chi connectivity index (χ0) is 14.5. The van der Waals surface area contributed by atoms with Gasteiger partial charge in [-0.25, -0.2) is 0 Å². The summed E-state index contributed by atoms with van der Waals surface area (Å²) in [5.41, 5.74) is 6.78. The molecule has 20 heavy (non-hydrogen) atoms. The number of benzene rings is 1. The first-order valence-corrected chi connectivity index (χ1v) is 7.24. The minimum atomic E-state index is -0.0412. The molecule has 0 spiro atoms. The van der Waals surface area contributed by atoms with Crippen molar-refractivity contribution >= 4 is 23.2 Å². The highest BCUT2D eigenvalue weighted by Gasteiger charge is 2.30. The van der Waals surface area contributed by atoms with Gasteiger partial charge in [0.25, 0.3) is 0 Å². The number of amides is 1. The normalized spacial score (nSPS) is 22.1. The van der Waals surface area contributed by atoms with Crippen LogP contribution >= 0.6 is 11.6 Å². The molecule has 1 aromatic rings. The first-order chi connectivity index (χ1) is 9.65. The number of hydrogen-bond donors (Lipinski definition) is 2. The predicted molar refractivity (Wildman–Crippen MR) is 79.3 cm³/mol. The lowest BCUT2D eigenvalue weighted by Crippen LogP contribution is -2.35. The van der Waals surface area contributed by atoms with E-state index in [2.05, 4.69) is 5.32 Å². The summed E-state index contributed by atoms with van der Waals surface area (Å²) in [7, 11) is 0. The summed E-state index contributed by atoms with van der Waals surface area (Å²) >= 11 is 6.07. The van der Waals surface area contributed by atoms with Crippen molar-refractivity contribution in [2.75, 3.05) is 11.9 Å². The van der Waals surface area contributed by atoms with E-state index >= 15 is 0 Å². The molecule has 1 saturated carbocycles. The number of nitrogens with two attached hydrogens (primary N) is 1. The van der Waals surface area contributed by atoms with Gasteiger partial charge in [-0.3, -0.25) is 4.79 Å². The molecule has 1 aliphatic rings. The van der Waals surface area contributed by atoms with E-state index in [-0.39, 0.29) is 17.7 Å². The number of carbonyl (C=O) groups excluding carboxylic acids is 1. The topological polar surface area (TPSA) is 78.9 Å². The van der Waals surface area contributed by atoms with E-state index in [0.717, 1.165) is 25.7 Å². The van der Waals surface area contributed by atoms with Gasteiger partial charge in [0.15, 0.2) is 0 Å². The molecule has 4 nitrogen and oxygen atoms in total. The molecule has 0 saturated heterocycles.